The van der Waals surface area contributed by atoms with Gasteiger partial charge in [0.25, 0.3) is 0 Å². The van der Waals surface area contributed by atoms with Crippen molar-refractivity contribution < 1.29 is 9.90 Å². The fourth-order valence-corrected chi connectivity index (χ4v) is 3.83. The summed E-state index contributed by atoms with van der Waals surface area (Å²) >= 11 is 0. The van der Waals surface area contributed by atoms with E-state index in [9.17, 15) is 4.79 Å². The molecule has 0 radical (unpaired) electrons. The number of nitrogens with zero attached hydrogens (tertiary/aromatic N) is 2. The maximum absolute atomic E-state index is 13.0. The number of carbonyl (C=O) groups is 1. The molecule has 1 aliphatic rings. The lowest BCUT2D eigenvalue weighted by Crippen LogP contribution is -2.39. The van der Waals surface area contributed by atoms with Gasteiger partial charge in [0.05, 0.1) is 19.1 Å². The first-order valence-corrected chi connectivity index (χ1v) is 9.78. The topological polar surface area (TPSA) is 43.8 Å². The second-order valence-electron chi connectivity index (χ2n) is 7.73. The van der Waals surface area contributed by atoms with Crippen LogP contribution in [0.2, 0.25) is 0 Å². The third-order valence-corrected chi connectivity index (χ3v) is 5.25. The van der Waals surface area contributed by atoms with E-state index in [4.69, 9.17) is 5.11 Å². The predicted octanol–water partition coefficient (Wildman–Crippen LogP) is 3.54. The van der Waals surface area contributed by atoms with E-state index in [0.717, 1.165) is 37.1 Å². The molecule has 1 saturated heterocycles. The van der Waals surface area contributed by atoms with Gasteiger partial charge >= 0.3 is 0 Å². The molecule has 2 aromatic rings. The maximum Gasteiger partial charge on any atom is 0.227 e. The predicted molar refractivity (Wildman–Crippen MR) is 108 cm³/mol. The summed E-state index contributed by atoms with van der Waals surface area (Å²) < 4.78 is 0. The molecule has 0 aliphatic carbocycles. The van der Waals surface area contributed by atoms with Gasteiger partial charge in [-0.05, 0) is 55.6 Å². The van der Waals surface area contributed by atoms with Crippen LogP contribution >= 0.6 is 0 Å². The van der Waals surface area contributed by atoms with Crippen LogP contribution in [0.25, 0.3) is 0 Å². The Morgan fingerprint density at radius 2 is 1.63 bits per heavy atom. The molecule has 3 rings (SSSR count). The number of hydrogen-bond donors (Lipinski definition) is 1. The Morgan fingerprint density at radius 1 is 1.00 bits per heavy atom. The largest absolute Gasteiger partial charge is 0.392 e. The summed E-state index contributed by atoms with van der Waals surface area (Å²) in [5.41, 5.74) is 4.41. The molecule has 1 N–H and O–H groups in total. The zero-order valence-corrected chi connectivity index (χ0v) is 16.4. The van der Waals surface area contributed by atoms with Crippen molar-refractivity contribution in [1.82, 2.24) is 9.80 Å². The Labute approximate surface area is 162 Å². The van der Waals surface area contributed by atoms with Gasteiger partial charge in [0.2, 0.25) is 5.91 Å². The van der Waals surface area contributed by atoms with E-state index >= 15 is 0 Å². The number of aliphatic hydroxyl groups excluding tert-OH is 1. The second kappa shape index (κ2) is 9.16. The van der Waals surface area contributed by atoms with Crippen molar-refractivity contribution in [3.8, 4) is 0 Å². The van der Waals surface area contributed by atoms with Gasteiger partial charge in [-0.25, -0.2) is 0 Å². The molecule has 0 spiro atoms. The molecule has 0 bridgehead atoms. The van der Waals surface area contributed by atoms with Gasteiger partial charge in [-0.3, -0.25) is 4.79 Å². The summed E-state index contributed by atoms with van der Waals surface area (Å²) in [5.74, 6) is 0.189. The minimum Gasteiger partial charge on any atom is -0.392 e. The van der Waals surface area contributed by atoms with E-state index in [1.54, 1.807) is 0 Å². The molecule has 2 aromatic carbocycles. The van der Waals surface area contributed by atoms with Gasteiger partial charge in [0.1, 0.15) is 0 Å². The van der Waals surface area contributed by atoms with Crippen LogP contribution in [-0.4, -0.2) is 41.5 Å². The lowest BCUT2D eigenvalue weighted by molar-refractivity contribution is -0.134. The zero-order valence-electron chi connectivity index (χ0n) is 16.4. The quantitative estimate of drug-likeness (QED) is 0.850. The van der Waals surface area contributed by atoms with Crippen LogP contribution in [0.4, 0.5) is 0 Å². The van der Waals surface area contributed by atoms with Crippen LogP contribution in [0.15, 0.2) is 48.5 Å². The van der Waals surface area contributed by atoms with E-state index in [0.29, 0.717) is 6.42 Å². The Hall–Kier alpha value is -2.17. The van der Waals surface area contributed by atoms with Crippen LogP contribution in [0, 0.1) is 0 Å². The Morgan fingerprint density at radius 3 is 2.26 bits per heavy atom. The van der Waals surface area contributed by atoms with Gasteiger partial charge in [0, 0.05) is 13.1 Å². The van der Waals surface area contributed by atoms with E-state index in [2.05, 4.69) is 48.2 Å². The summed E-state index contributed by atoms with van der Waals surface area (Å²) in [6, 6.07) is 16.6. The Balaban J connectivity index is 1.71. The van der Waals surface area contributed by atoms with Gasteiger partial charge in [0.15, 0.2) is 0 Å². The molecule has 0 saturated carbocycles. The number of amides is 1. The molecule has 0 aromatic heterocycles. The number of rotatable bonds is 6. The van der Waals surface area contributed by atoms with E-state index in [-0.39, 0.29) is 18.6 Å². The van der Waals surface area contributed by atoms with Crippen molar-refractivity contribution in [3.05, 3.63) is 70.8 Å². The van der Waals surface area contributed by atoms with Gasteiger partial charge in [-0.2, -0.15) is 0 Å². The molecule has 27 heavy (non-hydrogen) atoms. The molecular weight excluding hydrogens is 336 g/mol. The van der Waals surface area contributed by atoms with Crippen molar-refractivity contribution in [2.75, 3.05) is 20.6 Å². The lowest BCUT2D eigenvalue weighted by atomic mass is 9.93. The number of likely N-dealkylation sites (tertiary alicyclic amines) is 1. The van der Waals surface area contributed by atoms with Crippen LogP contribution in [0.3, 0.4) is 0 Å². The smallest absolute Gasteiger partial charge is 0.227 e. The molecule has 4 heteroatoms. The van der Waals surface area contributed by atoms with Gasteiger partial charge in [-0.1, -0.05) is 48.5 Å². The number of carbonyl (C=O) groups excluding carboxylic acids is 1. The second-order valence-corrected chi connectivity index (χ2v) is 7.73. The average Bonchev–Trinajstić information content (AvgIpc) is 2.69. The normalized spacial score (nSPS) is 17.3. The van der Waals surface area contributed by atoms with E-state index in [1.807, 2.05) is 24.3 Å². The lowest BCUT2D eigenvalue weighted by Gasteiger charge is -2.36. The average molecular weight is 367 g/mol. The summed E-state index contributed by atoms with van der Waals surface area (Å²) in [4.78, 5) is 17.2. The van der Waals surface area contributed by atoms with Crippen molar-refractivity contribution >= 4 is 5.91 Å². The molecule has 1 heterocycles. The molecule has 144 valence electrons. The summed E-state index contributed by atoms with van der Waals surface area (Å²) in [5, 5.41) is 9.16. The van der Waals surface area contributed by atoms with Crippen LogP contribution in [-0.2, 0) is 24.4 Å². The van der Waals surface area contributed by atoms with E-state index in [1.165, 1.54) is 17.5 Å². The minimum absolute atomic E-state index is 0.0340. The summed E-state index contributed by atoms with van der Waals surface area (Å²) in [7, 11) is 4.14. The Bertz CT molecular complexity index is 738. The number of piperidine rings is 1. The van der Waals surface area contributed by atoms with Crippen LogP contribution < -0.4 is 0 Å². The highest BCUT2D eigenvalue weighted by molar-refractivity contribution is 5.79. The van der Waals surface area contributed by atoms with Gasteiger partial charge in [-0.15, -0.1) is 0 Å². The standard InChI is InChI=1S/C23H30N2O2/c1-24(2)16-19-10-12-21(13-11-19)22-5-3-4-14-25(22)23(27)15-18-6-8-20(17-26)9-7-18/h6-13,22,26H,3-5,14-17H2,1-2H3. The third kappa shape index (κ3) is 5.18. The fourth-order valence-electron chi connectivity index (χ4n) is 3.83. The molecule has 4 nitrogen and oxygen atoms in total. The highest BCUT2D eigenvalue weighted by Crippen LogP contribution is 2.31. The number of aliphatic hydroxyl groups is 1. The van der Waals surface area contributed by atoms with Gasteiger partial charge < -0.3 is 14.9 Å². The first-order valence-electron chi connectivity index (χ1n) is 9.78. The van der Waals surface area contributed by atoms with Crippen molar-refractivity contribution in [3.63, 3.8) is 0 Å². The summed E-state index contributed by atoms with van der Waals surface area (Å²) in [6.45, 7) is 1.79. The molecular formula is C23H30N2O2. The van der Waals surface area contributed by atoms with Crippen molar-refractivity contribution in [2.24, 2.45) is 0 Å². The molecule has 1 unspecified atom stereocenters. The first kappa shape index (κ1) is 19.6. The fraction of sp³-hybridized carbons (Fsp3) is 0.435. The van der Waals surface area contributed by atoms with Crippen LogP contribution in [0.1, 0.15) is 47.6 Å². The zero-order chi connectivity index (χ0) is 19.2. The first-order chi connectivity index (χ1) is 13.1. The number of hydrogen-bond acceptors (Lipinski definition) is 3. The molecule has 1 amide bonds. The monoisotopic (exact) mass is 366 g/mol. The van der Waals surface area contributed by atoms with Crippen molar-refractivity contribution in [1.29, 1.82) is 0 Å². The summed E-state index contributed by atoms with van der Waals surface area (Å²) in [6.07, 6.45) is 3.69. The highest BCUT2D eigenvalue weighted by atomic mass is 16.3. The molecule has 1 atom stereocenters. The Kier molecular flexibility index (Phi) is 6.64. The van der Waals surface area contributed by atoms with Crippen LogP contribution in [0.5, 0.6) is 0 Å². The minimum atomic E-state index is 0.0340. The molecule has 1 fully saturated rings. The van der Waals surface area contributed by atoms with E-state index < -0.39 is 0 Å². The number of benzene rings is 2. The molecule has 1 aliphatic heterocycles. The SMILES string of the molecule is CN(C)Cc1ccc(C2CCCCN2C(=O)Cc2ccc(CO)cc2)cc1. The highest BCUT2D eigenvalue weighted by Gasteiger charge is 2.27. The van der Waals surface area contributed by atoms with Crippen molar-refractivity contribution in [2.45, 2.75) is 44.9 Å². The third-order valence-electron chi connectivity index (χ3n) is 5.25. The maximum atomic E-state index is 13.0.